The second-order valence-corrected chi connectivity index (χ2v) is 5.71. The Kier molecular flexibility index (Phi) is 2.37. The highest BCUT2D eigenvalue weighted by atomic mass is 19.1. The standard InChI is InChI=1S/C14H19F/c1-9-5-8-12(15)13-10(9)6-7-11(13)14(2,3)4/h5,8,11H,6-7H2,1-4H3/t11-/m0/s1. The van der Waals surface area contributed by atoms with Crippen molar-refractivity contribution in [3.63, 3.8) is 0 Å². The van der Waals surface area contributed by atoms with Crippen LogP contribution in [-0.2, 0) is 6.42 Å². The van der Waals surface area contributed by atoms with Crippen molar-refractivity contribution in [2.75, 3.05) is 0 Å². The van der Waals surface area contributed by atoms with Crippen LogP contribution in [0.4, 0.5) is 4.39 Å². The number of hydrogen-bond acceptors (Lipinski definition) is 0. The van der Waals surface area contributed by atoms with Gasteiger partial charge < -0.3 is 0 Å². The summed E-state index contributed by atoms with van der Waals surface area (Å²) in [5.74, 6) is 0.375. The van der Waals surface area contributed by atoms with Gasteiger partial charge in [-0.15, -0.1) is 0 Å². The molecule has 1 aromatic rings. The van der Waals surface area contributed by atoms with Crippen LogP contribution >= 0.6 is 0 Å². The third-order valence-corrected chi connectivity index (χ3v) is 3.61. The molecule has 0 aliphatic heterocycles. The van der Waals surface area contributed by atoms with Crippen LogP contribution in [0.15, 0.2) is 12.1 Å². The van der Waals surface area contributed by atoms with Crippen molar-refractivity contribution in [3.8, 4) is 0 Å². The molecule has 1 aromatic carbocycles. The number of fused-ring (bicyclic) bond motifs is 1. The van der Waals surface area contributed by atoms with E-state index < -0.39 is 0 Å². The molecular formula is C14H19F. The molecule has 0 saturated heterocycles. The number of benzene rings is 1. The summed E-state index contributed by atoms with van der Waals surface area (Å²) in [4.78, 5) is 0. The second-order valence-electron chi connectivity index (χ2n) is 5.71. The number of aryl methyl sites for hydroxylation is 1. The van der Waals surface area contributed by atoms with Crippen molar-refractivity contribution in [1.82, 2.24) is 0 Å². The van der Waals surface area contributed by atoms with E-state index in [9.17, 15) is 4.39 Å². The minimum absolute atomic E-state index is 0.00646. The average Bonchev–Trinajstić information content (AvgIpc) is 2.55. The summed E-state index contributed by atoms with van der Waals surface area (Å²) in [5, 5.41) is 0. The van der Waals surface area contributed by atoms with Gasteiger partial charge in [-0.2, -0.15) is 0 Å². The summed E-state index contributed by atoms with van der Waals surface area (Å²) in [6.45, 7) is 8.70. The molecule has 0 bridgehead atoms. The lowest BCUT2D eigenvalue weighted by Crippen LogP contribution is -2.17. The molecule has 1 aliphatic carbocycles. The molecule has 2 rings (SSSR count). The fourth-order valence-corrected chi connectivity index (χ4v) is 2.75. The van der Waals surface area contributed by atoms with Crippen molar-refractivity contribution in [2.45, 2.75) is 46.5 Å². The first-order valence-corrected chi connectivity index (χ1v) is 5.69. The molecule has 0 heterocycles. The maximum absolute atomic E-state index is 13.9. The average molecular weight is 206 g/mol. The maximum atomic E-state index is 13.9. The third kappa shape index (κ3) is 1.68. The van der Waals surface area contributed by atoms with Crippen molar-refractivity contribution >= 4 is 0 Å². The molecule has 1 atom stereocenters. The minimum atomic E-state index is -0.00646. The van der Waals surface area contributed by atoms with E-state index in [0.29, 0.717) is 5.92 Å². The predicted octanol–water partition coefficient (Wildman–Crippen LogP) is 4.21. The van der Waals surface area contributed by atoms with Gasteiger partial charge in [0.2, 0.25) is 0 Å². The van der Waals surface area contributed by atoms with Crippen LogP contribution in [0.5, 0.6) is 0 Å². The molecule has 0 aromatic heterocycles. The molecule has 0 nitrogen and oxygen atoms in total. The highest BCUT2D eigenvalue weighted by Gasteiger charge is 2.34. The molecule has 0 fully saturated rings. The van der Waals surface area contributed by atoms with E-state index in [2.05, 4.69) is 27.7 Å². The zero-order valence-electron chi connectivity index (χ0n) is 10.0. The normalized spacial score (nSPS) is 20.5. The Morgan fingerprint density at radius 1 is 1.27 bits per heavy atom. The SMILES string of the molecule is Cc1ccc(F)c2c1CC[C@@H]2C(C)(C)C. The number of rotatable bonds is 0. The first-order chi connectivity index (χ1) is 6.91. The van der Waals surface area contributed by atoms with Crippen LogP contribution in [-0.4, -0.2) is 0 Å². The van der Waals surface area contributed by atoms with Crippen LogP contribution in [0.2, 0.25) is 0 Å². The maximum Gasteiger partial charge on any atom is 0.126 e. The van der Waals surface area contributed by atoms with Crippen LogP contribution < -0.4 is 0 Å². The van der Waals surface area contributed by atoms with Crippen LogP contribution in [0.3, 0.4) is 0 Å². The molecular weight excluding hydrogens is 187 g/mol. The minimum Gasteiger partial charge on any atom is -0.207 e. The van der Waals surface area contributed by atoms with Gasteiger partial charge in [-0.25, -0.2) is 4.39 Å². The van der Waals surface area contributed by atoms with Gasteiger partial charge in [0, 0.05) is 0 Å². The van der Waals surface area contributed by atoms with Crippen LogP contribution in [0, 0.1) is 18.2 Å². The lowest BCUT2D eigenvalue weighted by atomic mass is 9.77. The van der Waals surface area contributed by atoms with E-state index in [4.69, 9.17) is 0 Å². The lowest BCUT2D eigenvalue weighted by molar-refractivity contribution is 0.312. The quantitative estimate of drug-likeness (QED) is 0.596. The van der Waals surface area contributed by atoms with Crippen molar-refractivity contribution < 1.29 is 4.39 Å². The van der Waals surface area contributed by atoms with Gasteiger partial charge in [-0.3, -0.25) is 0 Å². The van der Waals surface area contributed by atoms with E-state index in [1.807, 2.05) is 6.07 Å². The van der Waals surface area contributed by atoms with Crippen molar-refractivity contribution in [2.24, 2.45) is 5.41 Å². The fraction of sp³-hybridized carbons (Fsp3) is 0.571. The molecule has 0 radical (unpaired) electrons. The topological polar surface area (TPSA) is 0 Å². The largest absolute Gasteiger partial charge is 0.207 e. The van der Waals surface area contributed by atoms with Gasteiger partial charge in [0.15, 0.2) is 0 Å². The van der Waals surface area contributed by atoms with Gasteiger partial charge in [0.25, 0.3) is 0 Å². The summed E-state index contributed by atoms with van der Waals surface area (Å²) in [6, 6.07) is 3.53. The molecule has 0 amide bonds. The smallest absolute Gasteiger partial charge is 0.126 e. The predicted molar refractivity (Wildman–Crippen MR) is 61.7 cm³/mol. The third-order valence-electron chi connectivity index (χ3n) is 3.61. The summed E-state index contributed by atoms with van der Waals surface area (Å²) in [5.41, 5.74) is 3.66. The highest BCUT2D eigenvalue weighted by molar-refractivity contribution is 5.42. The monoisotopic (exact) mass is 206 g/mol. The first kappa shape index (κ1) is 10.7. The summed E-state index contributed by atoms with van der Waals surface area (Å²) in [6.07, 6.45) is 2.14. The Balaban J connectivity index is 2.55. The number of halogens is 1. The molecule has 0 N–H and O–H groups in total. The van der Waals surface area contributed by atoms with Crippen LogP contribution in [0.1, 0.15) is 49.8 Å². The van der Waals surface area contributed by atoms with Gasteiger partial charge in [0.05, 0.1) is 0 Å². The summed E-state index contributed by atoms with van der Waals surface area (Å²) in [7, 11) is 0. The Morgan fingerprint density at radius 3 is 2.53 bits per heavy atom. The van der Waals surface area contributed by atoms with Gasteiger partial charge in [-0.05, 0) is 53.9 Å². The number of hydrogen-bond donors (Lipinski definition) is 0. The first-order valence-electron chi connectivity index (χ1n) is 5.69. The summed E-state index contributed by atoms with van der Waals surface area (Å²) >= 11 is 0. The molecule has 1 aliphatic rings. The van der Waals surface area contributed by atoms with Gasteiger partial charge in [-0.1, -0.05) is 26.8 Å². The Hall–Kier alpha value is -0.850. The molecule has 0 unspecified atom stereocenters. The van der Waals surface area contributed by atoms with Crippen LogP contribution in [0.25, 0.3) is 0 Å². The van der Waals surface area contributed by atoms with Crippen molar-refractivity contribution in [3.05, 3.63) is 34.6 Å². The van der Waals surface area contributed by atoms with E-state index in [1.54, 1.807) is 6.07 Å². The Labute approximate surface area is 91.5 Å². The van der Waals surface area contributed by atoms with Gasteiger partial charge in [0.1, 0.15) is 5.82 Å². The Bertz CT molecular complexity index is 385. The molecule has 15 heavy (non-hydrogen) atoms. The molecule has 0 saturated carbocycles. The molecule has 82 valence electrons. The molecule has 1 heteroatoms. The van der Waals surface area contributed by atoms with E-state index in [-0.39, 0.29) is 11.2 Å². The zero-order chi connectivity index (χ0) is 11.2. The Morgan fingerprint density at radius 2 is 1.93 bits per heavy atom. The fourth-order valence-electron chi connectivity index (χ4n) is 2.75. The highest BCUT2D eigenvalue weighted by Crippen LogP contribution is 2.46. The summed E-state index contributed by atoms with van der Waals surface area (Å²) < 4.78 is 13.9. The molecule has 0 spiro atoms. The zero-order valence-corrected chi connectivity index (χ0v) is 10.0. The van der Waals surface area contributed by atoms with Crippen molar-refractivity contribution in [1.29, 1.82) is 0 Å². The van der Waals surface area contributed by atoms with E-state index in [0.717, 1.165) is 18.4 Å². The second kappa shape index (κ2) is 3.33. The van der Waals surface area contributed by atoms with Gasteiger partial charge >= 0.3 is 0 Å². The van der Waals surface area contributed by atoms with E-state index in [1.165, 1.54) is 11.1 Å². The van der Waals surface area contributed by atoms with E-state index >= 15 is 0 Å². The lowest BCUT2D eigenvalue weighted by Gasteiger charge is -2.28.